The maximum absolute atomic E-state index is 12.1. The summed E-state index contributed by atoms with van der Waals surface area (Å²) in [6.07, 6.45) is 2.27. The topological polar surface area (TPSA) is 83.4 Å². The number of aromatic nitrogens is 2. The monoisotopic (exact) mass is 279 g/mol. The molecule has 0 aromatic carbocycles. The van der Waals surface area contributed by atoms with Crippen LogP contribution in [-0.2, 0) is 10.0 Å². The summed E-state index contributed by atoms with van der Waals surface area (Å²) >= 11 is 5.49. The second-order valence-electron chi connectivity index (χ2n) is 4.13. The average Bonchev–Trinajstić information content (AvgIpc) is 2.28. The van der Waals surface area contributed by atoms with E-state index in [0.29, 0.717) is 0 Å². The molecule has 1 aromatic rings. The zero-order chi connectivity index (χ0) is 13.3. The fourth-order valence-electron chi connectivity index (χ4n) is 1.02. The van der Waals surface area contributed by atoms with E-state index in [9.17, 15) is 8.42 Å². The Bertz CT molecular complexity index is 487. The molecule has 0 amide bonds. The molecule has 6 nitrogen and oxygen atoms in total. The average molecular weight is 280 g/mol. The highest BCUT2D eigenvalue weighted by atomic mass is 35.5. The lowest BCUT2D eigenvalue weighted by Crippen LogP contribution is -2.47. The van der Waals surface area contributed by atoms with Gasteiger partial charge in [0.1, 0.15) is 4.90 Å². The molecular formula is C9H14ClN3O3S. The number of hydrogen-bond donors (Lipinski definition) is 1. The van der Waals surface area contributed by atoms with Gasteiger partial charge in [-0.15, -0.1) is 0 Å². The highest BCUT2D eigenvalue weighted by Gasteiger charge is 2.33. The lowest BCUT2D eigenvalue weighted by Gasteiger charge is -2.32. The summed E-state index contributed by atoms with van der Waals surface area (Å²) in [5.41, 5.74) is -0.904. The smallest absolute Gasteiger partial charge is 0.246 e. The molecule has 0 aliphatic rings. The van der Waals surface area contributed by atoms with Gasteiger partial charge >= 0.3 is 0 Å². The molecule has 0 atom stereocenters. The summed E-state index contributed by atoms with van der Waals surface area (Å²) in [6, 6.07) is 0. The van der Waals surface area contributed by atoms with Crippen LogP contribution < -0.4 is 0 Å². The van der Waals surface area contributed by atoms with Gasteiger partial charge in [-0.1, -0.05) is 0 Å². The second-order valence-corrected chi connectivity index (χ2v) is 6.44. The summed E-state index contributed by atoms with van der Waals surface area (Å²) in [4.78, 5) is 7.18. The van der Waals surface area contributed by atoms with Gasteiger partial charge in [0.15, 0.2) is 0 Å². The van der Waals surface area contributed by atoms with Crippen LogP contribution in [0.5, 0.6) is 0 Å². The van der Waals surface area contributed by atoms with E-state index in [2.05, 4.69) is 9.97 Å². The molecule has 1 heterocycles. The first-order chi connectivity index (χ1) is 7.71. The van der Waals surface area contributed by atoms with Gasteiger partial charge in [-0.2, -0.15) is 4.31 Å². The van der Waals surface area contributed by atoms with Crippen LogP contribution in [0, 0.1) is 0 Å². The maximum Gasteiger partial charge on any atom is 0.246 e. The largest absolute Gasteiger partial charge is 0.394 e. The molecule has 0 aliphatic carbocycles. The number of nitrogens with zero attached hydrogens (tertiary/aromatic N) is 3. The quantitative estimate of drug-likeness (QED) is 0.813. The number of hydrogen-bond acceptors (Lipinski definition) is 5. The van der Waals surface area contributed by atoms with Crippen molar-refractivity contribution in [1.29, 1.82) is 0 Å². The molecule has 0 bridgehead atoms. The lowest BCUT2D eigenvalue weighted by atomic mass is 10.1. The standard InChI is InChI=1S/C9H14ClN3O3S/c1-9(2,6-14)13(3)17(15,16)7-4-11-8(10)12-5-7/h4-5,14H,6H2,1-3H3. The third-order valence-corrected chi connectivity index (χ3v) is 4.71. The van der Waals surface area contributed by atoms with Crippen molar-refractivity contribution in [2.24, 2.45) is 0 Å². The Morgan fingerprint density at radius 3 is 2.29 bits per heavy atom. The zero-order valence-electron chi connectivity index (χ0n) is 9.75. The van der Waals surface area contributed by atoms with Crippen molar-refractivity contribution >= 4 is 21.6 Å². The van der Waals surface area contributed by atoms with Crippen molar-refractivity contribution < 1.29 is 13.5 Å². The van der Waals surface area contributed by atoms with Gasteiger partial charge in [-0.25, -0.2) is 18.4 Å². The van der Waals surface area contributed by atoms with Crippen LogP contribution in [0.25, 0.3) is 0 Å². The zero-order valence-corrected chi connectivity index (χ0v) is 11.3. The number of aliphatic hydroxyl groups excluding tert-OH is 1. The lowest BCUT2D eigenvalue weighted by molar-refractivity contribution is 0.138. The molecule has 1 rings (SSSR count). The fourth-order valence-corrected chi connectivity index (χ4v) is 2.51. The first-order valence-electron chi connectivity index (χ1n) is 4.79. The molecule has 1 N–H and O–H groups in total. The number of rotatable bonds is 4. The van der Waals surface area contributed by atoms with Crippen LogP contribution in [0.4, 0.5) is 0 Å². The summed E-state index contributed by atoms with van der Waals surface area (Å²) in [6.45, 7) is 2.93. The van der Waals surface area contributed by atoms with E-state index in [1.165, 1.54) is 7.05 Å². The molecule has 0 fully saturated rings. The van der Waals surface area contributed by atoms with Crippen molar-refractivity contribution in [2.45, 2.75) is 24.3 Å². The first kappa shape index (κ1) is 14.3. The number of likely N-dealkylation sites (N-methyl/N-ethyl adjacent to an activating group) is 1. The molecule has 0 radical (unpaired) electrons. The second kappa shape index (κ2) is 4.85. The highest BCUT2D eigenvalue weighted by Crippen LogP contribution is 2.21. The van der Waals surface area contributed by atoms with E-state index in [1.807, 2.05) is 0 Å². The van der Waals surface area contributed by atoms with E-state index in [-0.39, 0.29) is 16.8 Å². The van der Waals surface area contributed by atoms with E-state index >= 15 is 0 Å². The van der Waals surface area contributed by atoms with Crippen molar-refractivity contribution in [1.82, 2.24) is 14.3 Å². The fraction of sp³-hybridized carbons (Fsp3) is 0.556. The van der Waals surface area contributed by atoms with Crippen LogP contribution in [0.1, 0.15) is 13.8 Å². The van der Waals surface area contributed by atoms with Gasteiger partial charge in [-0.05, 0) is 25.4 Å². The van der Waals surface area contributed by atoms with Gasteiger partial charge in [0, 0.05) is 7.05 Å². The van der Waals surface area contributed by atoms with Crippen molar-refractivity contribution in [3.63, 3.8) is 0 Å². The van der Waals surface area contributed by atoms with E-state index in [4.69, 9.17) is 16.7 Å². The molecule has 96 valence electrons. The minimum Gasteiger partial charge on any atom is -0.394 e. The minimum absolute atomic E-state index is 0.0204. The Kier molecular flexibility index (Phi) is 4.08. The van der Waals surface area contributed by atoms with Crippen LogP contribution in [0.15, 0.2) is 17.3 Å². The maximum atomic E-state index is 12.1. The molecule has 8 heteroatoms. The highest BCUT2D eigenvalue weighted by molar-refractivity contribution is 7.89. The Morgan fingerprint density at radius 1 is 1.41 bits per heavy atom. The molecule has 0 spiro atoms. The summed E-state index contributed by atoms with van der Waals surface area (Å²) in [7, 11) is -2.35. The number of aliphatic hydroxyl groups is 1. The van der Waals surface area contributed by atoms with Crippen LogP contribution >= 0.6 is 11.6 Å². The molecule has 0 aliphatic heterocycles. The van der Waals surface area contributed by atoms with Crippen molar-refractivity contribution in [3.8, 4) is 0 Å². The van der Waals surface area contributed by atoms with Crippen LogP contribution in [0.3, 0.4) is 0 Å². The van der Waals surface area contributed by atoms with E-state index < -0.39 is 15.6 Å². The van der Waals surface area contributed by atoms with Crippen LogP contribution in [0.2, 0.25) is 5.28 Å². The molecule has 17 heavy (non-hydrogen) atoms. The van der Waals surface area contributed by atoms with Crippen molar-refractivity contribution in [3.05, 3.63) is 17.7 Å². The number of sulfonamides is 1. The van der Waals surface area contributed by atoms with E-state index in [0.717, 1.165) is 16.7 Å². The molecule has 0 saturated carbocycles. The Hall–Kier alpha value is -0.760. The van der Waals surface area contributed by atoms with Gasteiger partial charge in [-0.3, -0.25) is 0 Å². The van der Waals surface area contributed by atoms with Gasteiger partial charge in [0.2, 0.25) is 15.3 Å². The third-order valence-electron chi connectivity index (χ3n) is 2.49. The Morgan fingerprint density at radius 2 is 1.88 bits per heavy atom. The summed E-state index contributed by atoms with van der Waals surface area (Å²) < 4.78 is 25.4. The normalized spacial score (nSPS) is 13.1. The molecular weight excluding hydrogens is 266 g/mol. The summed E-state index contributed by atoms with van der Waals surface area (Å²) in [5, 5.41) is 9.14. The molecule has 0 unspecified atom stereocenters. The number of halogens is 1. The van der Waals surface area contributed by atoms with Gasteiger partial charge in [0.25, 0.3) is 0 Å². The Balaban J connectivity index is 3.16. The minimum atomic E-state index is -3.74. The van der Waals surface area contributed by atoms with Crippen LogP contribution in [-0.4, -0.2) is 47.0 Å². The predicted molar refractivity (Wildman–Crippen MR) is 63.2 cm³/mol. The molecule has 0 saturated heterocycles. The molecule has 1 aromatic heterocycles. The Labute approximate surface area is 105 Å². The van der Waals surface area contributed by atoms with Gasteiger partial charge in [0.05, 0.1) is 24.5 Å². The van der Waals surface area contributed by atoms with Gasteiger partial charge < -0.3 is 5.11 Å². The van der Waals surface area contributed by atoms with Crippen molar-refractivity contribution in [2.75, 3.05) is 13.7 Å². The SMILES string of the molecule is CN(C(C)(C)CO)S(=O)(=O)c1cnc(Cl)nc1. The summed E-state index contributed by atoms with van der Waals surface area (Å²) in [5.74, 6) is 0. The first-order valence-corrected chi connectivity index (χ1v) is 6.61. The third kappa shape index (κ3) is 2.92. The van der Waals surface area contributed by atoms with E-state index in [1.54, 1.807) is 13.8 Å². The predicted octanol–water partition coefficient (Wildman–Crippen LogP) is 0.521.